The van der Waals surface area contributed by atoms with Crippen LogP contribution in [0.5, 0.6) is 0 Å². The van der Waals surface area contributed by atoms with E-state index < -0.39 is 0 Å². The number of hydrogen-bond acceptors (Lipinski definition) is 0. The first kappa shape index (κ1) is 15.1. The van der Waals surface area contributed by atoms with Crippen LogP contribution < -0.4 is 0 Å². The van der Waals surface area contributed by atoms with Crippen molar-refractivity contribution < 1.29 is 4.39 Å². The van der Waals surface area contributed by atoms with E-state index >= 15 is 0 Å². The summed E-state index contributed by atoms with van der Waals surface area (Å²) in [6, 6.07) is 13.4. The van der Waals surface area contributed by atoms with Gasteiger partial charge in [-0.25, -0.2) is 4.39 Å². The van der Waals surface area contributed by atoms with Crippen molar-refractivity contribution in [3.8, 4) is 0 Å². The summed E-state index contributed by atoms with van der Waals surface area (Å²) in [5.74, 6) is -0.164. The van der Waals surface area contributed by atoms with Gasteiger partial charge in [0.05, 0.1) is 0 Å². The van der Waals surface area contributed by atoms with Gasteiger partial charge >= 0.3 is 0 Å². The third-order valence-electron chi connectivity index (χ3n) is 4.48. The lowest BCUT2D eigenvalue weighted by Gasteiger charge is -2.38. The van der Waals surface area contributed by atoms with Crippen molar-refractivity contribution >= 4 is 27.5 Å². The molecule has 21 heavy (non-hydrogen) atoms. The van der Waals surface area contributed by atoms with E-state index in [2.05, 4.69) is 40.2 Å². The normalized spacial score (nSPS) is 21.1. The second kappa shape index (κ2) is 6.10. The molecule has 1 aliphatic carbocycles. The monoisotopic (exact) mass is 366 g/mol. The van der Waals surface area contributed by atoms with Crippen LogP contribution in [0.4, 0.5) is 4.39 Å². The molecular weight excluding hydrogens is 351 g/mol. The topological polar surface area (TPSA) is 0 Å². The number of aryl methyl sites for hydroxylation is 1. The van der Waals surface area contributed by atoms with Crippen molar-refractivity contribution in [1.82, 2.24) is 0 Å². The second-order valence-electron chi connectivity index (χ2n) is 5.84. The molecule has 0 saturated heterocycles. The maximum atomic E-state index is 14.1. The molecule has 110 valence electrons. The van der Waals surface area contributed by atoms with E-state index in [9.17, 15) is 4.39 Å². The summed E-state index contributed by atoms with van der Waals surface area (Å²) in [7, 11) is 0. The number of halogens is 3. The molecule has 3 rings (SSSR count). The minimum Gasteiger partial charge on any atom is -0.207 e. The molecule has 0 amide bonds. The zero-order chi connectivity index (χ0) is 14.9. The lowest BCUT2D eigenvalue weighted by Crippen LogP contribution is -2.35. The Labute approximate surface area is 138 Å². The van der Waals surface area contributed by atoms with Gasteiger partial charge in [0.2, 0.25) is 0 Å². The predicted molar refractivity (Wildman–Crippen MR) is 90.0 cm³/mol. The fourth-order valence-electron chi connectivity index (χ4n) is 3.42. The van der Waals surface area contributed by atoms with Crippen molar-refractivity contribution in [2.24, 2.45) is 0 Å². The lowest BCUT2D eigenvalue weighted by molar-refractivity contribution is 0.395. The van der Waals surface area contributed by atoms with Crippen molar-refractivity contribution in [2.75, 3.05) is 5.33 Å². The Morgan fingerprint density at radius 3 is 2.81 bits per heavy atom. The van der Waals surface area contributed by atoms with E-state index in [0.717, 1.165) is 24.6 Å². The predicted octanol–water partition coefficient (Wildman–Crippen LogP) is 5.69. The lowest BCUT2D eigenvalue weighted by atomic mass is 9.68. The molecule has 0 nitrogen and oxygen atoms in total. The van der Waals surface area contributed by atoms with Crippen LogP contribution in [0.15, 0.2) is 42.5 Å². The summed E-state index contributed by atoms with van der Waals surface area (Å²) < 4.78 is 14.1. The van der Waals surface area contributed by atoms with Gasteiger partial charge in [-0.05, 0) is 60.6 Å². The number of fused-ring (bicyclic) bond motifs is 1. The van der Waals surface area contributed by atoms with Crippen LogP contribution in [0, 0.1) is 5.82 Å². The summed E-state index contributed by atoms with van der Waals surface area (Å²) >= 11 is 9.73. The first-order valence-electron chi connectivity index (χ1n) is 7.23. The van der Waals surface area contributed by atoms with Crippen LogP contribution >= 0.6 is 27.5 Å². The van der Waals surface area contributed by atoms with Gasteiger partial charge in [-0.3, -0.25) is 0 Å². The summed E-state index contributed by atoms with van der Waals surface area (Å²) in [4.78, 5) is 0. The molecule has 0 N–H and O–H groups in total. The van der Waals surface area contributed by atoms with Crippen LogP contribution in [-0.4, -0.2) is 5.33 Å². The first-order valence-corrected chi connectivity index (χ1v) is 8.73. The molecule has 0 heterocycles. The molecule has 1 unspecified atom stereocenters. The van der Waals surface area contributed by atoms with Gasteiger partial charge in [0.1, 0.15) is 5.82 Å². The molecular formula is C18H17BrClF. The van der Waals surface area contributed by atoms with Gasteiger partial charge in [0, 0.05) is 15.8 Å². The number of rotatable bonds is 3. The first-order chi connectivity index (χ1) is 10.1. The minimum atomic E-state index is -0.164. The third kappa shape index (κ3) is 2.89. The molecule has 2 aromatic rings. The van der Waals surface area contributed by atoms with Crippen LogP contribution in [0.25, 0.3) is 0 Å². The Hall–Kier alpha value is -0.860. The number of hydrogen-bond donors (Lipinski definition) is 0. The Kier molecular flexibility index (Phi) is 4.37. The number of alkyl halides is 1. The summed E-state index contributed by atoms with van der Waals surface area (Å²) in [6.07, 6.45) is 4.01. The quantitative estimate of drug-likeness (QED) is 0.611. The molecule has 0 bridgehead atoms. The summed E-state index contributed by atoms with van der Waals surface area (Å²) in [6.45, 7) is 0. The molecule has 0 saturated carbocycles. The molecule has 1 atom stereocenters. The Morgan fingerprint density at radius 1 is 1.19 bits per heavy atom. The Morgan fingerprint density at radius 2 is 2.00 bits per heavy atom. The van der Waals surface area contributed by atoms with Crippen LogP contribution in [0.3, 0.4) is 0 Å². The smallest absolute Gasteiger partial charge is 0.126 e. The fraction of sp³-hybridized carbons (Fsp3) is 0.333. The van der Waals surface area contributed by atoms with Gasteiger partial charge in [0.25, 0.3) is 0 Å². The maximum absolute atomic E-state index is 14.1. The summed E-state index contributed by atoms with van der Waals surface area (Å²) in [5.41, 5.74) is 3.41. The van der Waals surface area contributed by atoms with Crippen molar-refractivity contribution in [2.45, 2.75) is 31.1 Å². The van der Waals surface area contributed by atoms with E-state index in [1.54, 1.807) is 12.1 Å². The molecule has 3 heteroatoms. The van der Waals surface area contributed by atoms with Crippen molar-refractivity contribution in [3.05, 3.63) is 70.0 Å². The van der Waals surface area contributed by atoms with E-state index in [0.29, 0.717) is 17.0 Å². The molecule has 0 spiro atoms. The largest absolute Gasteiger partial charge is 0.207 e. The van der Waals surface area contributed by atoms with Crippen LogP contribution in [0.1, 0.15) is 29.5 Å². The highest BCUT2D eigenvalue weighted by Gasteiger charge is 2.36. The van der Waals surface area contributed by atoms with Gasteiger partial charge in [-0.1, -0.05) is 51.8 Å². The minimum absolute atomic E-state index is 0.0413. The summed E-state index contributed by atoms with van der Waals surface area (Å²) in [5, 5.41) is 1.43. The van der Waals surface area contributed by atoms with E-state index in [4.69, 9.17) is 11.6 Å². The highest BCUT2D eigenvalue weighted by Crippen LogP contribution is 2.41. The standard InChI is InChI=1S/C18H17BrClF/c19-12-18(11-14-10-15(20)7-8-17(14)21)9-3-5-13-4-1-2-6-16(13)18/h1-2,4,6-8,10H,3,5,9,11-12H2. The molecule has 1 aliphatic rings. The van der Waals surface area contributed by atoms with Gasteiger partial charge < -0.3 is 0 Å². The van der Waals surface area contributed by atoms with Gasteiger partial charge in [-0.15, -0.1) is 0 Å². The fourth-order valence-corrected chi connectivity index (χ4v) is 4.40. The SMILES string of the molecule is Fc1ccc(Cl)cc1CC1(CBr)CCCc2ccccc21. The highest BCUT2D eigenvalue weighted by molar-refractivity contribution is 9.09. The average molecular weight is 368 g/mol. The van der Waals surface area contributed by atoms with E-state index in [1.165, 1.54) is 17.2 Å². The van der Waals surface area contributed by atoms with Crippen LogP contribution in [-0.2, 0) is 18.3 Å². The molecule has 2 aromatic carbocycles. The van der Waals surface area contributed by atoms with E-state index in [-0.39, 0.29) is 11.2 Å². The third-order valence-corrected chi connectivity index (χ3v) is 5.79. The second-order valence-corrected chi connectivity index (χ2v) is 6.83. The Balaban J connectivity index is 2.04. The van der Waals surface area contributed by atoms with Gasteiger partial charge in [-0.2, -0.15) is 0 Å². The molecule has 0 radical (unpaired) electrons. The zero-order valence-corrected chi connectivity index (χ0v) is 14.1. The Bertz CT molecular complexity index is 655. The van der Waals surface area contributed by atoms with Gasteiger partial charge in [0.15, 0.2) is 0 Å². The van der Waals surface area contributed by atoms with Crippen LogP contribution in [0.2, 0.25) is 5.02 Å². The van der Waals surface area contributed by atoms with E-state index in [1.807, 2.05) is 0 Å². The average Bonchev–Trinajstić information content (AvgIpc) is 2.51. The zero-order valence-electron chi connectivity index (χ0n) is 11.7. The van der Waals surface area contributed by atoms with Crippen molar-refractivity contribution in [3.63, 3.8) is 0 Å². The number of benzene rings is 2. The van der Waals surface area contributed by atoms with Crippen molar-refractivity contribution in [1.29, 1.82) is 0 Å². The maximum Gasteiger partial charge on any atom is 0.126 e. The highest BCUT2D eigenvalue weighted by atomic mass is 79.9. The molecule has 0 aliphatic heterocycles. The molecule has 0 fully saturated rings. The molecule has 0 aromatic heterocycles.